The molecular formula is C12H20N2O4S2. The molecule has 0 spiro atoms. The minimum atomic E-state index is -3.18. The highest BCUT2D eigenvalue weighted by Crippen LogP contribution is 2.20. The molecule has 2 fully saturated rings. The van der Waals surface area contributed by atoms with Gasteiger partial charge in [0.05, 0.1) is 6.54 Å². The summed E-state index contributed by atoms with van der Waals surface area (Å²) >= 11 is 1.61. The number of carbonyl (C=O) groups excluding carboxylic acids is 2. The summed E-state index contributed by atoms with van der Waals surface area (Å²) < 4.78 is 23.5. The zero-order chi connectivity index (χ0) is 14.8. The minimum absolute atomic E-state index is 0.0712. The van der Waals surface area contributed by atoms with Gasteiger partial charge in [0.1, 0.15) is 11.2 Å². The van der Waals surface area contributed by atoms with Crippen LogP contribution in [-0.2, 0) is 19.4 Å². The van der Waals surface area contributed by atoms with Crippen LogP contribution in [0.5, 0.6) is 0 Å². The molecule has 8 heteroatoms. The molecule has 2 heterocycles. The molecule has 2 rings (SSSR count). The third-order valence-electron chi connectivity index (χ3n) is 3.70. The standard InChI is InChI=1S/C12H20N2O4S2/c1-20(17,18)12-9-19-7-6-14(12)8-11(16)13-4-2-10(15)3-5-13/h12H,2-9H2,1H3. The fourth-order valence-corrected chi connectivity index (χ4v) is 5.41. The van der Waals surface area contributed by atoms with Gasteiger partial charge in [0.25, 0.3) is 0 Å². The molecule has 0 aromatic carbocycles. The van der Waals surface area contributed by atoms with Crippen molar-refractivity contribution in [1.82, 2.24) is 9.80 Å². The molecule has 0 bridgehead atoms. The Morgan fingerprint density at radius 2 is 1.95 bits per heavy atom. The third-order valence-corrected chi connectivity index (χ3v) is 6.38. The predicted octanol–water partition coefficient (Wildman–Crippen LogP) is -0.403. The Labute approximate surface area is 123 Å². The maximum Gasteiger partial charge on any atom is 0.236 e. The first-order valence-electron chi connectivity index (χ1n) is 6.68. The van der Waals surface area contributed by atoms with E-state index in [0.717, 1.165) is 5.75 Å². The molecule has 0 N–H and O–H groups in total. The Morgan fingerprint density at radius 1 is 1.30 bits per heavy atom. The lowest BCUT2D eigenvalue weighted by atomic mass is 10.1. The third kappa shape index (κ3) is 3.95. The monoisotopic (exact) mass is 320 g/mol. The van der Waals surface area contributed by atoms with E-state index >= 15 is 0 Å². The molecule has 2 aliphatic heterocycles. The van der Waals surface area contributed by atoms with Crippen molar-refractivity contribution in [1.29, 1.82) is 0 Å². The van der Waals surface area contributed by atoms with Crippen molar-refractivity contribution in [2.24, 2.45) is 0 Å². The van der Waals surface area contributed by atoms with Crippen molar-refractivity contribution in [3.63, 3.8) is 0 Å². The number of amides is 1. The summed E-state index contributed by atoms with van der Waals surface area (Å²) in [4.78, 5) is 26.8. The number of thioether (sulfide) groups is 1. The molecule has 6 nitrogen and oxygen atoms in total. The van der Waals surface area contributed by atoms with E-state index in [2.05, 4.69) is 0 Å². The average Bonchev–Trinajstić information content (AvgIpc) is 2.38. The van der Waals surface area contributed by atoms with Crippen LogP contribution in [0, 0.1) is 0 Å². The first-order valence-corrected chi connectivity index (χ1v) is 9.79. The van der Waals surface area contributed by atoms with E-state index in [1.54, 1.807) is 21.6 Å². The number of nitrogens with zero attached hydrogens (tertiary/aromatic N) is 2. The normalized spacial score (nSPS) is 25.8. The fraction of sp³-hybridized carbons (Fsp3) is 0.833. The van der Waals surface area contributed by atoms with E-state index in [-0.39, 0.29) is 18.2 Å². The molecule has 1 atom stereocenters. The zero-order valence-corrected chi connectivity index (χ0v) is 13.2. The number of sulfone groups is 1. The quantitative estimate of drug-likeness (QED) is 0.704. The number of ketones is 1. The lowest BCUT2D eigenvalue weighted by Gasteiger charge is -2.35. The topological polar surface area (TPSA) is 74.8 Å². The van der Waals surface area contributed by atoms with Crippen LogP contribution in [0.1, 0.15) is 12.8 Å². The van der Waals surface area contributed by atoms with E-state index in [1.807, 2.05) is 0 Å². The van der Waals surface area contributed by atoms with Crippen molar-refractivity contribution in [3.05, 3.63) is 0 Å². The van der Waals surface area contributed by atoms with Crippen LogP contribution in [0.2, 0.25) is 0 Å². The van der Waals surface area contributed by atoms with Crippen molar-refractivity contribution in [2.75, 3.05) is 43.9 Å². The lowest BCUT2D eigenvalue weighted by Crippen LogP contribution is -2.52. The second-order valence-electron chi connectivity index (χ2n) is 5.25. The Hall–Kier alpha value is -0.600. The van der Waals surface area contributed by atoms with Crippen LogP contribution in [-0.4, -0.2) is 79.2 Å². The number of Topliss-reactive ketones (excluding diaryl/α,β-unsaturated/α-hetero) is 1. The molecule has 0 aliphatic carbocycles. The summed E-state index contributed by atoms with van der Waals surface area (Å²) in [6.45, 7) is 1.67. The van der Waals surface area contributed by atoms with Gasteiger partial charge in [-0.15, -0.1) is 0 Å². The van der Waals surface area contributed by atoms with E-state index in [4.69, 9.17) is 0 Å². The summed E-state index contributed by atoms with van der Waals surface area (Å²) in [5.41, 5.74) is 0. The van der Waals surface area contributed by atoms with Crippen LogP contribution in [0.4, 0.5) is 0 Å². The minimum Gasteiger partial charge on any atom is -0.341 e. The molecule has 0 aromatic heterocycles. The molecule has 20 heavy (non-hydrogen) atoms. The zero-order valence-electron chi connectivity index (χ0n) is 11.6. The van der Waals surface area contributed by atoms with Gasteiger partial charge in [-0.2, -0.15) is 11.8 Å². The summed E-state index contributed by atoms with van der Waals surface area (Å²) in [5, 5.41) is -0.573. The van der Waals surface area contributed by atoms with E-state index < -0.39 is 15.2 Å². The van der Waals surface area contributed by atoms with Crippen LogP contribution in [0.15, 0.2) is 0 Å². The van der Waals surface area contributed by atoms with Crippen LogP contribution >= 0.6 is 11.8 Å². The number of rotatable bonds is 3. The molecule has 1 unspecified atom stereocenters. The number of likely N-dealkylation sites (tertiary alicyclic amines) is 1. The molecule has 1 amide bonds. The Morgan fingerprint density at radius 3 is 2.55 bits per heavy atom. The molecule has 0 saturated carbocycles. The summed E-state index contributed by atoms with van der Waals surface area (Å²) in [6.07, 6.45) is 2.05. The number of carbonyl (C=O) groups is 2. The molecule has 114 valence electrons. The molecule has 2 saturated heterocycles. The average molecular weight is 320 g/mol. The highest BCUT2D eigenvalue weighted by atomic mass is 32.2. The number of piperidine rings is 1. The van der Waals surface area contributed by atoms with E-state index in [0.29, 0.717) is 38.2 Å². The summed E-state index contributed by atoms with van der Waals surface area (Å²) in [7, 11) is -3.18. The highest BCUT2D eigenvalue weighted by molar-refractivity contribution is 8.00. The van der Waals surface area contributed by atoms with Gasteiger partial charge in [-0.1, -0.05) is 0 Å². The Kier molecular flexibility index (Phi) is 5.09. The fourth-order valence-electron chi connectivity index (χ4n) is 2.47. The first kappa shape index (κ1) is 15.8. The van der Waals surface area contributed by atoms with Crippen molar-refractivity contribution >= 4 is 33.3 Å². The SMILES string of the molecule is CS(=O)(=O)C1CSCCN1CC(=O)N1CCC(=O)CC1. The van der Waals surface area contributed by atoms with Gasteiger partial charge in [0.15, 0.2) is 9.84 Å². The van der Waals surface area contributed by atoms with Gasteiger partial charge in [-0.3, -0.25) is 14.5 Å². The van der Waals surface area contributed by atoms with Gasteiger partial charge < -0.3 is 4.90 Å². The highest BCUT2D eigenvalue weighted by Gasteiger charge is 2.33. The summed E-state index contributed by atoms with van der Waals surface area (Å²) in [6, 6.07) is 0. The predicted molar refractivity (Wildman–Crippen MR) is 78.4 cm³/mol. The molecule has 0 aromatic rings. The number of hydrogen-bond donors (Lipinski definition) is 0. The van der Waals surface area contributed by atoms with Gasteiger partial charge in [0, 0.05) is 50.2 Å². The first-order chi connectivity index (χ1) is 9.38. The van der Waals surface area contributed by atoms with Gasteiger partial charge in [-0.25, -0.2) is 8.42 Å². The van der Waals surface area contributed by atoms with Gasteiger partial charge >= 0.3 is 0 Å². The van der Waals surface area contributed by atoms with Crippen molar-refractivity contribution in [2.45, 2.75) is 18.2 Å². The molecular weight excluding hydrogens is 300 g/mol. The number of hydrogen-bond acceptors (Lipinski definition) is 6. The van der Waals surface area contributed by atoms with Gasteiger partial charge in [-0.05, 0) is 0 Å². The smallest absolute Gasteiger partial charge is 0.236 e. The van der Waals surface area contributed by atoms with Crippen molar-refractivity contribution in [3.8, 4) is 0 Å². The molecule has 0 radical (unpaired) electrons. The van der Waals surface area contributed by atoms with Crippen LogP contribution < -0.4 is 0 Å². The van der Waals surface area contributed by atoms with Crippen LogP contribution in [0.25, 0.3) is 0 Å². The molecule has 2 aliphatic rings. The van der Waals surface area contributed by atoms with E-state index in [1.165, 1.54) is 6.26 Å². The Bertz CT molecular complexity index is 482. The second kappa shape index (κ2) is 6.44. The maximum absolute atomic E-state index is 12.2. The van der Waals surface area contributed by atoms with E-state index in [9.17, 15) is 18.0 Å². The van der Waals surface area contributed by atoms with Crippen molar-refractivity contribution < 1.29 is 18.0 Å². The lowest BCUT2D eigenvalue weighted by molar-refractivity contribution is -0.135. The second-order valence-corrected chi connectivity index (χ2v) is 8.60. The summed E-state index contributed by atoms with van der Waals surface area (Å²) in [5.74, 6) is 1.48. The van der Waals surface area contributed by atoms with Crippen LogP contribution in [0.3, 0.4) is 0 Å². The maximum atomic E-state index is 12.2. The van der Waals surface area contributed by atoms with Gasteiger partial charge in [0.2, 0.25) is 5.91 Å². The Balaban J connectivity index is 1.96. The largest absolute Gasteiger partial charge is 0.341 e.